The van der Waals surface area contributed by atoms with Crippen LogP contribution in [-0.4, -0.2) is 0 Å². The van der Waals surface area contributed by atoms with E-state index in [2.05, 4.69) is 56.5 Å². The summed E-state index contributed by atoms with van der Waals surface area (Å²) in [7, 11) is 0. The summed E-state index contributed by atoms with van der Waals surface area (Å²) in [4.78, 5) is 1.01. The third-order valence-corrected chi connectivity index (χ3v) is 2.99. The number of hydrogen-bond acceptors (Lipinski definition) is 1. The second-order valence-corrected chi connectivity index (χ2v) is 4.29. The minimum absolute atomic E-state index is 1.01. The zero-order valence-electron chi connectivity index (χ0n) is 9.27. The van der Waals surface area contributed by atoms with Crippen LogP contribution in [0.2, 0.25) is 0 Å². The molecule has 0 saturated carbocycles. The van der Waals surface area contributed by atoms with Crippen LogP contribution in [0.5, 0.6) is 0 Å². The minimum atomic E-state index is 1.01. The van der Waals surface area contributed by atoms with Crippen molar-refractivity contribution in [2.75, 3.05) is 0 Å². The average molecular weight is 226 g/mol. The van der Waals surface area contributed by atoms with E-state index in [1.807, 2.05) is 18.2 Å². The van der Waals surface area contributed by atoms with Gasteiger partial charge >= 0.3 is 0 Å². The molecule has 0 aromatic heterocycles. The Hall–Kier alpha value is -1.47. The molecule has 0 amide bonds. The lowest BCUT2D eigenvalue weighted by molar-refractivity contribution is 1.36. The molecule has 0 aliphatic carbocycles. The first kappa shape index (κ1) is 11.0. The quantitative estimate of drug-likeness (QED) is 0.711. The predicted octanol–water partition coefficient (Wildman–Crippen LogP) is 4.59. The Morgan fingerprint density at radius 2 is 1.81 bits per heavy atom. The van der Waals surface area contributed by atoms with Gasteiger partial charge in [-0.15, -0.1) is 12.6 Å². The van der Waals surface area contributed by atoms with E-state index in [1.54, 1.807) is 0 Å². The average Bonchev–Trinajstić information content (AvgIpc) is 2.29. The Balaban J connectivity index is 2.62. The second kappa shape index (κ2) is 4.58. The van der Waals surface area contributed by atoms with Gasteiger partial charge in [0.05, 0.1) is 0 Å². The Labute approximate surface area is 102 Å². The van der Waals surface area contributed by atoms with Gasteiger partial charge in [0.15, 0.2) is 0 Å². The van der Waals surface area contributed by atoms with E-state index in [0.29, 0.717) is 0 Å². The summed E-state index contributed by atoms with van der Waals surface area (Å²) < 4.78 is 0. The first-order valence-corrected chi connectivity index (χ1v) is 5.68. The van der Waals surface area contributed by atoms with Crippen molar-refractivity contribution < 1.29 is 0 Å². The fourth-order valence-corrected chi connectivity index (χ4v) is 2.19. The van der Waals surface area contributed by atoms with Crippen molar-refractivity contribution in [3.63, 3.8) is 0 Å². The maximum absolute atomic E-state index is 4.53. The highest BCUT2D eigenvalue weighted by Crippen LogP contribution is 2.30. The summed E-state index contributed by atoms with van der Waals surface area (Å²) >= 11 is 4.53. The van der Waals surface area contributed by atoms with Gasteiger partial charge in [-0.3, -0.25) is 0 Å². The lowest BCUT2D eigenvalue weighted by Gasteiger charge is -2.09. The van der Waals surface area contributed by atoms with Crippen LogP contribution >= 0.6 is 12.6 Å². The van der Waals surface area contributed by atoms with Crippen LogP contribution in [0.1, 0.15) is 11.1 Å². The minimum Gasteiger partial charge on any atom is -0.143 e. The van der Waals surface area contributed by atoms with Gasteiger partial charge in [0, 0.05) is 4.90 Å². The molecule has 0 fully saturated rings. The molecule has 80 valence electrons. The lowest BCUT2D eigenvalue weighted by Crippen LogP contribution is -1.85. The van der Waals surface area contributed by atoms with Crippen LogP contribution in [0.25, 0.3) is 17.2 Å². The normalized spacial score (nSPS) is 10.1. The molecular formula is C15H14S. The summed E-state index contributed by atoms with van der Waals surface area (Å²) in [5.41, 5.74) is 4.71. The summed E-state index contributed by atoms with van der Waals surface area (Å²) in [5, 5.41) is 0. The van der Waals surface area contributed by atoms with E-state index < -0.39 is 0 Å². The molecule has 0 bridgehead atoms. The fourth-order valence-electron chi connectivity index (χ4n) is 1.79. The van der Waals surface area contributed by atoms with E-state index in [-0.39, 0.29) is 0 Å². The van der Waals surface area contributed by atoms with Gasteiger partial charge in [-0.1, -0.05) is 49.1 Å². The zero-order valence-corrected chi connectivity index (χ0v) is 10.2. The summed E-state index contributed by atoms with van der Waals surface area (Å²) in [6.07, 6.45) is 1.88. The number of aryl methyl sites for hydroxylation is 1. The summed E-state index contributed by atoms with van der Waals surface area (Å²) in [6, 6.07) is 14.5. The molecule has 2 aromatic carbocycles. The predicted molar refractivity (Wildman–Crippen MR) is 74.0 cm³/mol. The monoisotopic (exact) mass is 226 g/mol. The van der Waals surface area contributed by atoms with Crippen molar-refractivity contribution in [3.05, 3.63) is 60.2 Å². The fraction of sp³-hybridized carbons (Fsp3) is 0.0667. The summed E-state index contributed by atoms with van der Waals surface area (Å²) in [6.45, 7) is 5.91. The molecule has 0 radical (unpaired) electrons. The van der Waals surface area contributed by atoms with Gasteiger partial charge in [0.25, 0.3) is 0 Å². The Kier molecular flexibility index (Phi) is 3.16. The highest BCUT2D eigenvalue weighted by atomic mass is 32.1. The molecule has 1 heteroatoms. The van der Waals surface area contributed by atoms with Crippen molar-refractivity contribution in [1.29, 1.82) is 0 Å². The molecule has 0 nitrogen and oxygen atoms in total. The molecule has 0 unspecified atom stereocenters. The molecule has 2 rings (SSSR count). The Morgan fingerprint density at radius 3 is 2.50 bits per heavy atom. The number of benzene rings is 2. The number of hydrogen-bond donors (Lipinski definition) is 1. The topological polar surface area (TPSA) is 0 Å². The smallest absolute Gasteiger partial charge is 0.0121 e. The Morgan fingerprint density at radius 1 is 1.06 bits per heavy atom. The van der Waals surface area contributed by atoms with Crippen LogP contribution in [0, 0.1) is 6.92 Å². The maximum Gasteiger partial charge on any atom is 0.0121 e. The molecule has 0 N–H and O–H groups in total. The van der Waals surface area contributed by atoms with Gasteiger partial charge in [0.2, 0.25) is 0 Å². The third kappa shape index (κ3) is 2.05. The van der Waals surface area contributed by atoms with Gasteiger partial charge in [0.1, 0.15) is 0 Å². The van der Waals surface area contributed by atoms with Crippen molar-refractivity contribution in [2.24, 2.45) is 0 Å². The lowest BCUT2D eigenvalue weighted by atomic mass is 9.99. The van der Waals surface area contributed by atoms with Crippen molar-refractivity contribution in [1.82, 2.24) is 0 Å². The molecule has 0 aliphatic heterocycles. The van der Waals surface area contributed by atoms with E-state index in [1.165, 1.54) is 11.1 Å². The first-order chi connectivity index (χ1) is 7.72. The number of thiol groups is 1. The molecule has 16 heavy (non-hydrogen) atoms. The Bertz CT molecular complexity index is 527. The van der Waals surface area contributed by atoms with E-state index in [0.717, 1.165) is 16.0 Å². The van der Waals surface area contributed by atoms with Crippen LogP contribution in [0.3, 0.4) is 0 Å². The van der Waals surface area contributed by atoms with Crippen molar-refractivity contribution in [3.8, 4) is 11.1 Å². The van der Waals surface area contributed by atoms with E-state index in [9.17, 15) is 0 Å². The van der Waals surface area contributed by atoms with Crippen molar-refractivity contribution in [2.45, 2.75) is 11.8 Å². The van der Waals surface area contributed by atoms with Gasteiger partial charge in [-0.2, -0.15) is 0 Å². The van der Waals surface area contributed by atoms with Crippen LogP contribution in [0.15, 0.2) is 53.9 Å². The molecule has 0 spiro atoms. The van der Waals surface area contributed by atoms with Crippen LogP contribution in [0.4, 0.5) is 0 Å². The summed E-state index contributed by atoms with van der Waals surface area (Å²) in [5.74, 6) is 0. The molecule has 0 saturated heterocycles. The third-order valence-electron chi connectivity index (χ3n) is 2.62. The molecule has 0 atom stereocenters. The molecular weight excluding hydrogens is 212 g/mol. The van der Waals surface area contributed by atoms with E-state index in [4.69, 9.17) is 0 Å². The highest BCUT2D eigenvalue weighted by Gasteiger charge is 2.05. The first-order valence-electron chi connectivity index (χ1n) is 5.24. The van der Waals surface area contributed by atoms with Crippen molar-refractivity contribution >= 4 is 18.7 Å². The zero-order chi connectivity index (χ0) is 11.5. The van der Waals surface area contributed by atoms with Crippen LogP contribution in [-0.2, 0) is 0 Å². The van der Waals surface area contributed by atoms with Gasteiger partial charge in [-0.05, 0) is 35.2 Å². The molecule has 0 aliphatic rings. The van der Waals surface area contributed by atoms with Gasteiger partial charge in [-0.25, -0.2) is 0 Å². The molecule has 0 heterocycles. The van der Waals surface area contributed by atoms with E-state index >= 15 is 0 Å². The second-order valence-electron chi connectivity index (χ2n) is 3.81. The number of rotatable bonds is 2. The highest BCUT2D eigenvalue weighted by molar-refractivity contribution is 7.80. The maximum atomic E-state index is 4.53. The molecule has 2 aromatic rings. The standard InChI is InChI=1S/C15H14S/c1-3-12-6-4-5-7-13(12)14-9-8-11(2)10-15(14)16/h3-10,16H,1H2,2H3. The van der Waals surface area contributed by atoms with Gasteiger partial charge < -0.3 is 0 Å². The van der Waals surface area contributed by atoms with Crippen LogP contribution < -0.4 is 0 Å². The SMILES string of the molecule is C=Cc1ccccc1-c1ccc(C)cc1S. The largest absolute Gasteiger partial charge is 0.143 e.